The lowest BCUT2D eigenvalue weighted by Crippen LogP contribution is -2.41. The lowest BCUT2D eigenvalue weighted by atomic mass is 10.0. The first kappa shape index (κ1) is 8.50. The van der Waals surface area contributed by atoms with Crippen LogP contribution in [0.5, 0.6) is 0 Å². The highest BCUT2D eigenvalue weighted by molar-refractivity contribution is 7.91. The number of nitriles is 1. The normalized spacial score (nSPS) is 36.0. The van der Waals surface area contributed by atoms with Crippen molar-refractivity contribution >= 4 is 9.84 Å². The summed E-state index contributed by atoms with van der Waals surface area (Å²) in [5, 5.41) is 8.50. The van der Waals surface area contributed by atoms with E-state index in [2.05, 4.69) is 0 Å². The van der Waals surface area contributed by atoms with Crippen LogP contribution in [0.3, 0.4) is 0 Å². The zero-order valence-electron chi connectivity index (χ0n) is 6.03. The maximum absolute atomic E-state index is 11.0. The molecule has 1 saturated heterocycles. The van der Waals surface area contributed by atoms with Gasteiger partial charge in [-0.3, -0.25) is 0 Å². The first-order valence-electron chi connectivity index (χ1n) is 3.41. The number of rotatable bonds is 0. The van der Waals surface area contributed by atoms with Gasteiger partial charge in [-0.2, -0.15) is 5.26 Å². The second-order valence-electron chi connectivity index (χ2n) is 2.80. The Bertz CT molecular complexity index is 277. The summed E-state index contributed by atoms with van der Waals surface area (Å²) in [5.74, 6) is -0.439. The second kappa shape index (κ2) is 2.80. The minimum Gasteiger partial charge on any atom is -0.326 e. The summed E-state index contributed by atoms with van der Waals surface area (Å²) >= 11 is 0. The SMILES string of the molecule is N#C[C@H]1CS(=O)(=O)CC[C@H]1N. The van der Waals surface area contributed by atoms with E-state index in [9.17, 15) is 8.42 Å². The summed E-state index contributed by atoms with van der Waals surface area (Å²) in [6.45, 7) is 0. The van der Waals surface area contributed by atoms with Crippen LogP contribution in [0.1, 0.15) is 6.42 Å². The van der Waals surface area contributed by atoms with Gasteiger partial charge in [0.1, 0.15) is 0 Å². The molecule has 4 nitrogen and oxygen atoms in total. The van der Waals surface area contributed by atoms with Crippen molar-refractivity contribution in [2.24, 2.45) is 11.7 Å². The zero-order valence-corrected chi connectivity index (χ0v) is 6.84. The summed E-state index contributed by atoms with van der Waals surface area (Å²) in [6.07, 6.45) is 0.417. The van der Waals surface area contributed by atoms with Gasteiger partial charge in [-0.1, -0.05) is 0 Å². The molecule has 0 saturated carbocycles. The van der Waals surface area contributed by atoms with E-state index in [1.54, 1.807) is 0 Å². The van der Waals surface area contributed by atoms with Gasteiger partial charge in [-0.05, 0) is 6.42 Å². The predicted octanol–water partition coefficient (Wildman–Crippen LogP) is -0.728. The third kappa shape index (κ3) is 1.91. The highest BCUT2D eigenvalue weighted by Crippen LogP contribution is 2.16. The molecule has 0 aromatic carbocycles. The van der Waals surface area contributed by atoms with Crippen LogP contribution < -0.4 is 5.73 Å². The first-order valence-corrected chi connectivity index (χ1v) is 5.23. The van der Waals surface area contributed by atoms with Gasteiger partial charge in [0.2, 0.25) is 0 Å². The Kier molecular flexibility index (Phi) is 2.16. The van der Waals surface area contributed by atoms with Crippen LogP contribution in [0.2, 0.25) is 0 Å². The molecule has 0 bridgehead atoms. The molecule has 0 aromatic rings. The van der Waals surface area contributed by atoms with Gasteiger partial charge in [-0.25, -0.2) is 8.42 Å². The van der Waals surface area contributed by atoms with E-state index in [4.69, 9.17) is 11.0 Å². The average molecular weight is 174 g/mol. The van der Waals surface area contributed by atoms with Gasteiger partial charge < -0.3 is 5.73 Å². The number of nitrogens with zero attached hydrogens (tertiary/aromatic N) is 1. The topological polar surface area (TPSA) is 84.0 Å². The Morgan fingerprint density at radius 2 is 2.18 bits per heavy atom. The van der Waals surface area contributed by atoms with Crippen LogP contribution in [0.4, 0.5) is 0 Å². The van der Waals surface area contributed by atoms with Crippen LogP contribution in [0.15, 0.2) is 0 Å². The molecule has 0 unspecified atom stereocenters. The highest BCUT2D eigenvalue weighted by Gasteiger charge is 2.30. The third-order valence-corrected chi connectivity index (χ3v) is 3.60. The minimum absolute atomic E-state index is 0.0648. The summed E-state index contributed by atoms with van der Waals surface area (Å²) < 4.78 is 21.9. The predicted molar refractivity (Wildman–Crippen MR) is 40.3 cm³/mol. The van der Waals surface area contributed by atoms with Gasteiger partial charge in [0.15, 0.2) is 9.84 Å². The molecular formula is C6H10N2O2S. The smallest absolute Gasteiger partial charge is 0.151 e. The van der Waals surface area contributed by atoms with Gasteiger partial charge in [-0.15, -0.1) is 0 Å². The van der Waals surface area contributed by atoms with Crippen molar-refractivity contribution in [3.63, 3.8) is 0 Å². The van der Waals surface area contributed by atoms with E-state index in [1.165, 1.54) is 0 Å². The van der Waals surface area contributed by atoms with E-state index in [1.807, 2.05) is 6.07 Å². The van der Waals surface area contributed by atoms with E-state index in [0.717, 1.165) is 0 Å². The average Bonchev–Trinajstić information content (AvgIpc) is 1.94. The summed E-state index contributed by atoms with van der Waals surface area (Å²) in [4.78, 5) is 0. The van der Waals surface area contributed by atoms with Gasteiger partial charge in [0.25, 0.3) is 0 Å². The van der Waals surface area contributed by atoms with Gasteiger partial charge >= 0.3 is 0 Å². The Morgan fingerprint density at radius 1 is 1.55 bits per heavy atom. The summed E-state index contributed by atoms with van der Waals surface area (Å²) in [5.41, 5.74) is 5.52. The van der Waals surface area contributed by atoms with Crippen molar-refractivity contribution in [3.05, 3.63) is 0 Å². The van der Waals surface area contributed by atoms with Crippen LogP contribution in [0, 0.1) is 17.2 Å². The third-order valence-electron chi connectivity index (χ3n) is 1.88. The second-order valence-corrected chi connectivity index (χ2v) is 5.03. The zero-order chi connectivity index (χ0) is 8.48. The molecule has 5 heteroatoms. The quantitative estimate of drug-likeness (QED) is 0.525. The van der Waals surface area contributed by atoms with E-state index in [0.29, 0.717) is 6.42 Å². The Hall–Kier alpha value is -0.600. The maximum atomic E-state index is 11.0. The Morgan fingerprint density at radius 3 is 2.64 bits per heavy atom. The molecule has 0 spiro atoms. The monoisotopic (exact) mass is 174 g/mol. The summed E-state index contributed by atoms with van der Waals surface area (Å²) in [7, 11) is -2.98. The number of hydrogen-bond acceptors (Lipinski definition) is 4. The molecule has 2 atom stereocenters. The molecule has 0 amide bonds. The largest absolute Gasteiger partial charge is 0.326 e. The highest BCUT2D eigenvalue weighted by atomic mass is 32.2. The van der Waals surface area contributed by atoms with Crippen LogP contribution in [-0.4, -0.2) is 26.0 Å². The molecule has 1 heterocycles. The van der Waals surface area contributed by atoms with E-state index >= 15 is 0 Å². The summed E-state index contributed by atoms with van der Waals surface area (Å²) in [6, 6.07) is 1.64. The lowest BCUT2D eigenvalue weighted by Gasteiger charge is -2.22. The van der Waals surface area contributed by atoms with Crippen molar-refractivity contribution in [2.45, 2.75) is 12.5 Å². The maximum Gasteiger partial charge on any atom is 0.151 e. The van der Waals surface area contributed by atoms with Crippen molar-refractivity contribution in [1.82, 2.24) is 0 Å². The molecule has 0 aromatic heterocycles. The number of sulfone groups is 1. The number of hydrogen-bond donors (Lipinski definition) is 1. The molecule has 11 heavy (non-hydrogen) atoms. The van der Waals surface area contributed by atoms with Crippen LogP contribution in [0.25, 0.3) is 0 Å². The molecule has 1 fully saturated rings. The van der Waals surface area contributed by atoms with E-state index in [-0.39, 0.29) is 17.5 Å². The Balaban J connectivity index is 2.76. The van der Waals surface area contributed by atoms with Gasteiger partial charge in [0.05, 0.1) is 23.5 Å². The van der Waals surface area contributed by atoms with Crippen molar-refractivity contribution < 1.29 is 8.42 Å². The molecule has 0 aliphatic carbocycles. The van der Waals surface area contributed by atoms with Crippen LogP contribution in [-0.2, 0) is 9.84 Å². The van der Waals surface area contributed by atoms with Crippen molar-refractivity contribution in [1.29, 1.82) is 5.26 Å². The fourth-order valence-electron chi connectivity index (χ4n) is 1.13. The van der Waals surface area contributed by atoms with Crippen LogP contribution >= 0.6 is 0 Å². The Labute approximate surface area is 65.9 Å². The molecule has 62 valence electrons. The fraction of sp³-hybridized carbons (Fsp3) is 0.833. The molecule has 1 rings (SSSR count). The first-order chi connectivity index (χ1) is 5.05. The van der Waals surface area contributed by atoms with E-state index < -0.39 is 15.8 Å². The molecule has 1 aliphatic heterocycles. The van der Waals surface area contributed by atoms with Gasteiger partial charge in [0, 0.05) is 6.04 Å². The van der Waals surface area contributed by atoms with Crippen molar-refractivity contribution in [2.75, 3.05) is 11.5 Å². The fourth-order valence-corrected chi connectivity index (χ4v) is 2.80. The number of nitrogens with two attached hydrogens (primary N) is 1. The minimum atomic E-state index is -2.98. The lowest BCUT2D eigenvalue weighted by molar-refractivity contribution is 0.491. The standard InChI is InChI=1S/C6H10N2O2S/c7-3-5-4-11(9,10)2-1-6(5)8/h5-6H,1-2,4,8H2/t5-,6+/m0/s1. The molecule has 2 N–H and O–H groups in total. The molecule has 0 radical (unpaired) electrons. The molecule has 1 aliphatic rings. The molecular weight excluding hydrogens is 164 g/mol. The van der Waals surface area contributed by atoms with Crippen molar-refractivity contribution in [3.8, 4) is 6.07 Å².